The molecule has 0 aromatic heterocycles. The summed E-state index contributed by atoms with van der Waals surface area (Å²) in [5.41, 5.74) is 7.60. The Bertz CT molecular complexity index is 334. The molecule has 0 amide bonds. The van der Waals surface area contributed by atoms with E-state index in [0.29, 0.717) is 6.61 Å². The van der Waals surface area contributed by atoms with Gasteiger partial charge >= 0.3 is 0 Å². The van der Waals surface area contributed by atoms with E-state index in [1.807, 2.05) is 25.1 Å². The minimum absolute atomic E-state index is 0.672. The molecular formula is C12H18N2O. The summed E-state index contributed by atoms with van der Waals surface area (Å²) < 4.78 is 5.43. The van der Waals surface area contributed by atoms with Crippen molar-refractivity contribution in [1.29, 1.82) is 0 Å². The number of hydrogen-bond acceptors (Lipinski definition) is 3. The number of ether oxygens (including phenoxy) is 1. The monoisotopic (exact) mass is 206 g/mol. The lowest BCUT2D eigenvalue weighted by molar-refractivity contribution is 0.340. The van der Waals surface area contributed by atoms with Crippen LogP contribution in [0.25, 0.3) is 0 Å². The van der Waals surface area contributed by atoms with Gasteiger partial charge in [-0.1, -0.05) is 0 Å². The van der Waals surface area contributed by atoms with Crippen molar-refractivity contribution in [2.45, 2.75) is 19.8 Å². The zero-order valence-electron chi connectivity index (χ0n) is 9.12. The molecule has 1 fully saturated rings. The quantitative estimate of drug-likeness (QED) is 0.728. The van der Waals surface area contributed by atoms with Gasteiger partial charge in [-0.15, -0.1) is 0 Å². The molecule has 3 nitrogen and oxygen atoms in total. The van der Waals surface area contributed by atoms with Crippen molar-refractivity contribution in [2.24, 2.45) is 5.92 Å². The first kappa shape index (κ1) is 10.1. The smallest absolute Gasteiger partial charge is 0.123 e. The van der Waals surface area contributed by atoms with Crippen LogP contribution in [0.1, 0.15) is 19.8 Å². The first-order valence-corrected chi connectivity index (χ1v) is 5.55. The van der Waals surface area contributed by atoms with Gasteiger partial charge in [-0.3, -0.25) is 0 Å². The van der Waals surface area contributed by atoms with E-state index in [9.17, 15) is 0 Å². The standard InChI is InChI=1S/C12H18N2O/c1-2-15-12-6-10(13)5-11(7-12)14-8-9-3-4-9/h5-7,9,14H,2-4,8,13H2,1H3. The van der Waals surface area contributed by atoms with Gasteiger partial charge in [0.25, 0.3) is 0 Å². The van der Waals surface area contributed by atoms with Crippen molar-refractivity contribution in [2.75, 3.05) is 24.2 Å². The van der Waals surface area contributed by atoms with E-state index in [-0.39, 0.29) is 0 Å². The van der Waals surface area contributed by atoms with Crippen LogP contribution in [0.15, 0.2) is 18.2 Å². The van der Waals surface area contributed by atoms with Crippen molar-refractivity contribution in [3.8, 4) is 5.75 Å². The maximum absolute atomic E-state index is 5.79. The molecule has 0 spiro atoms. The molecule has 0 aliphatic heterocycles. The number of nitrogens with two attached hydrogens (primary N) is 1. The van der Waals surface area contributed by atoms with E-state index in [0.717, 1.165) is 29.6 Å². The predicted molar refractivity (Wildman–Crippen MR) is 63.2 cm³/mol. The lowest BCUT2D eigenvalue weighted by Crippen LogP contribution is -2.04. The highest BCUT2D eigenvalue weighted by molar-refractivity contribution is 5.59. The molecule has 0 radical (unpaired) electrons. The Morgan fingerprint density at radius 1 is 1.40 bits per heavy atom. The zero-order chi connectivity index (χ0) is 10.7. The minimum atomic E-state index is 0.672. The Hall–Kier alpha value is -1.38. The van der Waals surface area contributed by atoms with E-state index in [1.165, 1.54) is 12.8 Å². The Morgan fingerprint density at radius 3 is 2.87 bits per heavy atom. The van der Waals surface area contributed by atoms with Gasteiger partial charge in [-0.05, 0) is 31.7 Å². The SMILES string of the molecule is CCOc1cc(N)cc(NCC2CC2)c1. The second kappa shape index (κ2) is 4.43. The lowest BCUT2D eigenvalue weighted by atomic mass is 10.2. The normalized spacial score (nSPS) is 15.0. The first-order valence-electron chi connectivity index (χ1n) is 5.55. The molecule has 0 saturated heterocycles. The topological polar surface area (TPSA) is 47.3 Å². The number of rotatable bonds is 5. The summed E-state index contributed by atoms with van der Waals surface area (Å²) in [7, 11) is 0. The van der Waals surface area contributed by atoms with E-state index in [4.69, 9.17) is 10.5 Å². The number of anilines is 2. The molecule has 0 bridgehead atoms. The first-order chi connectivity index (χ1) is 7.28. The molecule has 1 aliphatic carbocycles. The van der Waals surface area contributed by atoms with Gasteiger partial charge in [0.05, 0.1) is 6.61 Å². The van der Waals surface area contributed by atoms with Crippen molar-refractivity contribution < 1.29 is 4.74 Å². The molecule has 2 rings (SSSR count). The summed E-state index contributed by atoms with van der Waals surface area (Å²) in [6, 6.07) is 5.80. The lowest BCUT2D eigenvalue weighted by Gasteiger charge is -2.09. The fourth-order valence-corrected chi connectivity index (χ4v) is 1.56. The third-order valence-corrected chi connectivity index (χ3v) is 2.53. The molecule has 0 heterocycles. The highest BCUT2D eigenvalue weighted by atomic mass is 16.5. The van der Waals surface area contributed by atoms with Gasteiger partial charge in [0.15, 0.2) is 0 Å². The Morgan fingerprint density at radius 2 is 2.20 bits per heavy atom. The average Bonchev–Trinajstić information content (AvgIpc) is 2.98. The van der Waals surface area contributed by atoms with Gasteiger partial charge in [-0.2, -0.15) is 0 Å². The number of nitrogen functional groups attached to an aromatic ring is 1. The molecule has 3 heteroatoms. The van der Waals surface area contributed by atoms with Crippen LogP contribution in [0.5, 0.6) is 5.75 Å². The average molecular weight is 206 g/mol. The van der Waals surface area contributed by atoms with Crippen molar-refractivity contribution in [3.05, 3.63) is 18.2 Å². The molecular weight excluding hydrogens is 188 g/mol. The molecule has 82 valence electrons. The molecule has 1 aliphatic rings. The molecule has 0 unspecified atom stereocenters. The summed E-state index contributed by atoms with van der Waals surface area (Å²) in [5.74, 6) is 1.71. The van der Waals surface area contributed by atoms with Gasteiger partial charge in [0, 0.05) is 30.1 Å². The maximum atomic E-state index is 5.79. The van der Waals surface area contributed by atoms with Crippen molar-refractivity contribution in [3.63, 3.8) is 0 Å². The largest absolute Gasteiger partial charge is 0.494 e. The summed E-state index contributed by atoms with van der Waals surface area (Å²) in [6.07, 6.45) is 2.71. The zero-order valence-corrected chi connectivity index (χ0v) is 9.12. The summed E-state index contributed by atoms with van der Waals surface area (Å²) in [6.45, 7) is 3.70. The number of nitrogens with one attached hydrogen (secondary N) is 1. The van der Waals surface area contributed by atoms with Crippen LogP contribution in [0.3, 0.4) is 0 Å². The Labute approximate surface area is 90.6 Å². The molecule has 3 N–H and O–H groups in total. The van der Waals surface area contributed by atoms with E-state index in [1.54, 1.807) is 0 Å². The third kappa shape index (κ3) is 3.05. The minimum Gasteiger partial charge on any atom is -0.494 e. The molecule has 0 atom stereocenters. The van der Waals surface area contributed by atoms with Gasteiger partial charge in [0.1, 0.15) is 5.75 Å². The molecule has 15 heavy (non-hydrogen) atoms. The van der Waals surface area contributed by atoms with Crippen LogP contribution in [0.2, 0.25) is 0 Å². The van der Waals surface area contributed by atoms with Gasteiger partial charge in [0.2, 0.25) is 0 Å². The van der Waals surface area contributed by atoms with Crippen LogP contribution in [0.4, 0.5) is 11.4 Å². The second-order valence-corrected chi connectivity index (χ2v) is 4.05. The van der Waals surface area contributed by atoms with Gasteiger partial charge < -0.3 is 15.8 Å². The van der Waals surface area contributed by atoms with Crippen molar-refractivity contribution >= 4 is 11.4 Å². The van der Waals surface area contributed by atoms with Crippen LogP contribution in [-0.2, 0) is 0 Å². The fourth-order valence-electron chi connectivity index (χ4n) is 1.56. The predicted octanol–water partition coefficient (Wildman–Crippen LogP) is 2.49. The summed E-state index contributed by atoms with van der Waals surface area (Å²) in [4.78, 5) is 0. The maximum Gasteiger partial charge on any atom is 0.123 e. The molecule has 1 saturated carbocycles. The summed E-state index contributed by atoms with van der Waals surface area (Å²) >= 11 is 0. The fraction of sp³-hybridized carbons (Fsp3) is 0.500. The van der Waals surface area contributed by atoms with Crippen LogP contribution >= 0.6 is 0 Å². The number of hydrogen-bond donors (Lipinski definition) is 2. The van der Waals surface area contributed by atoms with E-state index in [2.05, 4.69) is 5.32 Å². The number of benzene rings is 1. The summed E-state index contributed by atoms with van der Waals surface area (Å²) in [5, 5.41) is 3.39. The second-order valence-electron chi connectivity index (χ2n) is 4.05. The Kier molecular flexibility index (Phi) is 2.99. The van der Waals surface area contributed by atoms with Crippen LogP contribution < -0.4 is 15.8 Å². The van der Waals surface area contributed by atoms with Gasteiger partial charge in [-0.25, -0.2) is 0 Å². The van der Waals surface area contributed by atoms with Crippen LogP contribution in [-0.4, -0.2) is 13.2 Å². The highest BCUT2D eigenvalue weighted by Crippen LogP contribution is 2.30. The Balaban J connectivity index is 2.00. The highest BCUT2D eigenvalue weighted by Gasteiger charge is 2.20. The molecule has 1 aromatic carbocycles. The molecule has 1 aromatic rings. The van der Waals surface area contributed by atoms with E-state index >= 15 is 0 Å². The third-order valence-electron chi connectivity index (χ3n) is 2.53. The van der Waals surface area contributed by atoms with E-state index < -0.39 is 0 Å². The van der Waals surface area contributed by atoms with Crippen molar-refractivity contribution in [1.82, 2.24) is 0 Å². The van der Waals surface area contributed by atoms with Crippen LogP contribution in [0, 0.1) is 5.92 Å².